The molecular weight excluding hydrogens is 166 g/mol. The molecule has 0 spiro atoms. The fourth-order valence-electron chi connectivity index (χ4n) is 2.46. The highest BCUT2D eigenvalue weighted by atomic mass is 16.5. The second kappa shape index (κ2) is 3.95. The van der Waals surface area contributed by atoms with E-state index in [-0.39, 0.29) is 6.23 Å². The maximum absolute atomic E-state index is 9.41. The van der Waals surface area contributed by atoms with Crippen molar-refractivity contribution in [1.82, 2.24) is 4.90 Å². The number of ether oxygens (including phenoxy) is 1. The number of nitrogens with zero attached hydrogens (tertiary/aromatic N) is 1. The predicted octanol–water partition coefficient (Wildman–Crippen LogP) is 0.826. The number of hydrogen-bond donors (Lipinski definition) is 1. The summed E-state index contributed by atoms with van der Waals surface area (Å²) in [6.45, 7) is 2.09. The third-order valence-electron chi connectivity index (χ3n) is 3.46. The van der Waals surface area contributed by atoms with E-state index in [0.717, 1.165) is 19.5 Å². The van der Waals surface area contributed by atoms with E-state index in [0.29, 0.717) is 12.0 Å². The van der Waals surface area contributed by atoms with E-state index in [2.05, 4.69) is 4.90 Å². The van der Waals surface area contributed by atoms with Crippen LogP contribution in [0.25, 0.3) is 0 Å². The highest BCUT2D eigenvalue weighted by Gasteiger charge is 2.33. The van der Waals surface area contributed by atoms with Gasteiger partial charge in [0.2, 0.25) is 0 Å². The Balaban J connectivity index is 1.79. The summed E-state index contributed by atoms with van der Waals surface area (Å²) >= 11 is 0. The first-order valence-electron chi connectivity index (χ1n) is 5.26. The number of methoxy groups -OCH3 is 1. The predicted molar refractivity (Wildman–Crippen MR) is 50.3 cm³/mol. The van der Waals surface area contributed by atoms with Gasteiger partial charge < -0.3 is 9.84 Å². The quantitative estimate of drug-likeness (QED) is 0.706. The Hall–Kier alpha value is -0.120. The standard InChI is InChI=1S/C10H19NO2/c1-13-9-4-2-3-8(9)7-11-6-5-10(11)12/h8-10,12H,2-7H2,1H3. The van der Waals surface area contributed by atoms with Crippen molar-refractivity contribution >= 4 is 0 Å². The Morgan fingerprint density at radius 2 is 2.23 bits per heavy atom. The number of likely N-dealkylation sites (tertiary alicyclic amines) is 1. The molecule has 1 aliphatic heterocycles. The molecule has 1 saturated carbocycles. The first kappa shape index (κ1) is 9.44. The van der Waals surface area contributed by atoms with Gasteiger partial charge in [-0.2, -0.15) is 0 Å². The van der Waals surface area contributed by atoms with Crippen LogP contribution in [0.15, 0.2) is 0 Å². The summed E-state index contributed by atoms with van der Waals surface area (Å²) in [5.41, 5.74) is 0. The SMILES string of the molecule is COC1CCCC1CN1CCC1O. The monoisotopic (exact) mass is 185 g/mol. The topological polar surface area (TPSA) is 32.7 Å². The molecule has 0 aromatic heterocycles. The molecular formula is C10H19NO2. The van der Waals surface area contributed by atoms with Crippen molar-refractivity contribution < 1.29 is 9.84 Å². The fourth-order valence-corrected chi connectivity index (χ4v) is 2.46. The molecule has 1 heterocycles. The van der Waals surface area contributed by atoms with Gasteiger partial charge in [0.15, 0.2) is 0 Å². The normalized spacial score (nSPS) is 40.6. The molecule has 1 aliphatic carbocycles. The van der Waals surface area contributed by atoms with Crippen molar-refractivity contribution in [3.05, 3.63) is 0 Å². The largest absolute Gasteiger partial charge is 0.381 e. The first-order valence-corrected chi connectivity index (χ1v) is 5.26. The Labute approximate surface area is 79.7 Å². The molecule has 2 fully saturated rings. The minimum Gasteiger partial charge on any atom is -0.381 e. The summed E-state index contributed by atoms with van der Waals surface area (Å²) in [6.07, 6.45) is 4.97. The maximum atomic E-state index is 9.41. The lowest BCUT2D eigenvalue weighted by Gasteiger charge is -2.39. The fraction of sp³-hybridized carbons (Fsp3) is 1.00. The van der Waals surface area contributed by atoms with E-state index < -0.39 is 0 Å². The molecule has 0 bridgehead atoms. The van der Waals surface area contributed by atoms with Gasteiger partial charge in [-0.1, -0.05) is 6.42 Å². The lowest BCUT2D eigenvalue weighted by molar-refractivity contribution is -0.0896. The van der Waals surface area contributed by atoms with Crippen LogP contribution in [0.3, 0.4) is 0 Å². The summed E-state index contributed by atoms with van der Waals surface area (Å²) in [7, 11) is 1.80. The van der Waals surface area contributed by atoms with Crippen LogP contribution in [0.1, 0.15) is 25.7 Å². The molecule has 3 nitrogen and oxygen atoms in total. The Bertz CT molecular complexity index is 174. The highest BCUT2D eigenvalue weighted by Crippen LogP contribution is 2.30. The Morgan fingerprint density at radius 1 is 1.38 bits per heavy atom. The third kappa shape index (κ3) is 1.87. The van der Waals surface area contributed by atoms with Gasteiger partial charge >= 0.3 is 0 Å². The number of rotatable bonds is 3. The van der Waals surface area contributed by atoms with Gasteiger partial charge in [-0.15, -0.1) is 0 Å². The van der Waals surface area contributed by atoms with Crippen molar-refractivity contribution in [1.29, 1.82) is 0 Å². The molecule has 76 valence electrons. The zero-order valence-corrected chi connectivity index (χ0v) is 8.28. The van der Waals surface area contributed by atoms with Crippen LogP contribution >= 0.6 is 0 Å². The van der Waals surface area contributed by atoms with Gasteiger partial charge in [0.05, 0.1) is 6.10 Å². The molecule has 0 aromatic rings. The van der Waals surface area contributed by atoms with Crippen molar-refractivity contribution in [2.24, 2.45) is 5.92 Å². The van der Waals surface area contributed by atoms with Gasteiger partial charge in [-0.25, -0.2) is 0 Å². The molecule has 1 N–H and O–H groups in total. The lowest BCUT2D eigenvalue weighted by atomic mass is 10.0. The van der Waals surface area contributed by atoms with E-state index in [4.69, 9.17) is 4.74 Å². The van der Waals surface area contributed by atoms with Crippen LogP contribution in [0.5, 0.6) is 0 Å². The molecule has 3 unspecified atom stereocenters. The molecule has 0 amide bonds. The van der Waals surface area contributed by atoms with E-state index in [1.165, 1.54) is 19.3 Å². The van der Waals surface area contributed by atoms with Gasteiger partial charge in [0.1, 0.15) is 6.23 Å². The zero-order valence-electron chi connectivity index (χ0n) is 8.28. The third-order valence-corrected chi connectivity index (χ3v) is 3.46. The molecule has 2 aliphatic rings. The summed E-state index contributed by atoms with van der Waals surface area (Å²) in [4.78, 5) is 2.15. The van der Waals surface area contributed by atoms with Crippen molar-refractivity contribution in [3.8, 4) is 0 Å². The van der Waals surface area contributed by atoms with E-state index in [9.17, 15) is 5.11 Å². The van der Waals surface area contributed by atoms with Gasteiger partial charge in [0, 0.05) is 20.2 Å². The molecule has 1 saturated heterocycles. The summed E-state index contributed by atoms with van der Waals surface area (Å²) in [5, 5.41) is 9.41. The molecule has 3 heteroatoms. The second-order valence-electron chi connectivity index (χ2n) is 4.23. The van der Waals surface area contributed by atoms with Gasteiger partial charge in [0.25, 0.3) is 0 Å². The Kier molecular flexibility index (Phi) is 2.86. The summed E-state index contributed by atoms with van der Waals surface area (Å²) in [6, 6.07) is 0. The highest BCUT2D eigenvalue weighted by molar-refractivity contribution is 4.84. The van der Waals surface area contributed by atoms with Crippen molar-refractivity contribution in [2.45, 2.75) is 38.0 Å². The zero-order chi connectivity index (χ0) is 9.26. The van der Waals surface area contributed by atoms with Gasteiger partial charge in [-0.05, 0) is 25.2 Å². The Morgan fingerprint density at radius 3 is 2.77 bits per heavy atom. The van der Waals surface area contributed by atoms with Crippen LogP contribution in [0.4, 0.5) is 0 Å². The van der Waals surface area contributed by atoms with E-state index in [1.54, 1.807) is 7.11 Å². The molecule has 0 radical (unpaired) electrons. The minimum absolute atomic E-state index is 0.168. The van der Waals surface area contributed by atoms with Crippen LogP contribution in [-0.4, -0.2) is 42.5 Å². The number of aliphatic hydroxyl groups excluding tert-OH is 1. The van der Waals surface area contributed by atoms with Crippen LogP contribution in [0.2, 0.25) is 0 Å². The maximum Gasteiger partial charge on any atom is 0.108 e. The van der Waals surface area contributed by atoms with Crippen LogP contribution < -0.4 is 0 Å². The lowest BCUT2D eigenvalue weighted by Crippen LogP contribution is -2.50. The molecule has 2 rings (SSSR count). The van der Waals surface area contributed by atoms with Crippen molar-refractivity contribution in [3.63, 3.8) is 0 Å². The molecule has 3 atom stereocenters. The van der Waals surface area contributed by atoms with Gasteiger partial charge in [-0.3, -0.25) is 4.90 Å². The number of aliphatic hydroxyl groups is 1. The minimum atomic E-state index is -0.168. The van der Waals surface area contributed by atoms with E-state index in [1.807, 2.05) is 0 Å². The van der Waals surface area contributed by atoms with Crippen molar-refractivity contribution in [2.75, 3.05) is 20.2 Å². The second-order valence-corrected chi connectivity index (χ2v) is 4.23. The first-order chi connectivity index (χ1) is 6.31. The summed E-state index contributed by atoms with van der Waals surface area (Å²) in [5.74, 6) is 0.653. The van der Waals surface area contributed by atoms with E-state index >= 15 is 0 Å². The number of hydrogen-bond acceptors (Lipinski definition) is 3. The van der Waals surface area contributed by atoms with Crippen LogP contribution in [0, 0.1) is 5.92 Å². The average molecular weight is 185 g/mol. The molecule has 13 heavy (non-hydrogen) atoms. The average Bonchev–Trinajstić information content (AvgIpc) is 2.58. The molecule has 0 aromatic carbocycles. The van der Waals surface area contributed by atoms with Crippen LogP contribution in [-0.2, 0) is 4.74 Å². The smallest absolute Gasteiger partial charge is 0.108 e. The summed E-state index contributed by atoms with van der Waals surface area (Å²) < 4.78 is 5.42.